The van der Waals surface area contributed by atoms with Crippen molar-refractivity contribution in [3.05, 3.63) is 43.6 Å². The second kappa shape index (κ2) is 8.61. The summed E-state index contributed by atoms with van der Waals surface area (Å²) in [6.07, 6.45) is 0. The fourth-order valence-corrected chi connectivity index (χ4v) is 3.86. The lowest BCUT2D eigenvalue weighted by atomic mass is 10.1. The summed E-state index contributed by atoms with van der Waals surface area (Å²) in [5, 5.41) is 33.1. The molecule has 27 heavy (non-hydrogen) atoms. The molecule has 1 amide bonds. The first-order valence-electron chi connectivity index (χ1n) is 7.76. The average molecular weight is 508 g/mol. The third-order valence-electron chi connectivity index (χ3n) is 3.66. The van der Waals surface area contributed by atoms with E-state index in [1.165, 1.54) is 19.1 Å². The number of hydrogen-bond donors (Lipinski definition) is 5. The molecule has 0 saturated carbocycles. The number of thiophene rings is 1. The average Bonchev–Trinajstić information content (AvgIpc) is 2.92. The standard InChI is InChI=1S/C17H18FIN2O5S/c1-8-13(15(24)20-6-17(25,26)7-22)16(27-14(8)9(2)23)21-12-4-3-10(19)5-11(12)18/h3-5,21-22,25-26H,6-7H2,1-2H3,(H,20,24). The maximum Gasteiger partial charge on any atom is 0.254 e. The van der Waals surface area contributed by atoms with Crippen molar-refractivity contribution in [3.8, 4) is 0 Å². The molecule has 0 aliphatic carbocycles. The summed E-state index contributed by atoms with van der Waals surface area (Å²) in [6, 6.07) is 4.52. The summed E-state index contributed by atoms with van der Waals surface area (Å²) >= 11 is 2.97. The van der Waals surface area contributed by atoms with Crippen molar-refractivity contribution in [2.45, 2.75) is 19.6 Å². The zero-order valence-corrected chi connectivity index (χ0v) is 17.4. The van der Waals surface area contributed by atoms with Gasteiger partial charge in [0, 0.05) is 3.57 Å². The van der Waals surface area contributed by atoms with Crippen molar-refractivity contribution in [1.82, 2.24) is 5.32 Å². The quantitative estimate of drug-likeness (QED) is 0.222. The topological polar surface area (TPSA) is 119 Å². The van der Waals surface area contributed by atoms with Crippen molar-refractivity contribution in [2.24, 2.45) is 0 Å². The highest BCUT2D eigenvalue weighted by atomic mass is 127. The van der Waals surface area contributed by atoms with E-state index in [1.54, 1.807) is 13.0 Å². The van der Waals surface area contributed by atoms with E-state index in [0.29, 0.717) is 14.0 Å². The number of halogens is 2. The molecule has 0 unspecified atom stereocenters. The van der Waals surface area contributed by atoms with E-state index in [-0.39, 0.29) is 22.0 Å². The smallest absolute Gasteiger partial charge is 0.254 e. The van der Waals surface area contributed by atoms with Crippen LogP contribution in [0.5, 0.6) is 0 Å². The first-order chi connectivity index (χ1) is 12.6. The Balaban J connectivity index is 2.40. The molecule has 0 fully saturated rings. The number of rotatable bonds is 7. The molecule has 0 bridgehead atoms. The van der Waals surface area contributed by atoms with Crippen LogP contribution in [0.15, 0.2) is 18.2 Å². The summed E-state index contributed by atoms with van der Waals surface area (Å²) in [5.74, 6) is -3.94. The molecule has 0 aliphatic heterocycles. The Hall–Kier alpha value is -1.60. The van der Waals surface area contributed by atoms with Gasteiger partial charge in [0.2, 0.25) is 5.79 Å². The minimum Gasteiger partial charge on any atom is -0.391 e. The van der Waals surface area contributed by atoms with Crippen LogP contribution in [0.4, 0.5) is 15.1 Å². The van der Waals surface area contributed by atoms with Crippen molar-refractivity contribution < 1.29 is 29.3 Å². The zero-order valence-electron chi connectivity index (χ0n) is 14.5. The van der Waals surface area contributed by atoms with Gasteiger partial charge in [0.1, 0.15) is 10.8 Å². The maximum atomic E-state index is 14.2. The Morgan fingerprint density at radius 3 is 2.56 bits per heavy atom. The minimum atomic E-state index is -2.47. The lowest BCUT2D eigenvalue weighted by Crippen LogP contribution is -2.45. The molecule has 1 heterocycles. The molecule has 0 spiro atoms. The monoisotopic (exact) mass is 508 g/mol. The van der Waals surface area contributed by atoms with E-state index < -0.39 is 30.7 Å². The van der Waals surface area contributed by atoms with E-state index in [2.05, 4.69) is 10.6 Å². The van der Waals surface area contributed by atoms with Gasteiger partial charge < -0.3 is 26.0 Å². The van der Waals surface area contributed by atoms with Crippen LogP contribution in [-0.4, -0.2) is 45.9 Å². The fraction of sp³-hybridized carbons (Fsp3) is 0.294. The van der Waals surface area contributed by atoms with Crippen LogP contribution in [-0.2, 0) is 0 Å². The highest BCUT2D eigenvalue weighted by Crippen LogP contribution is 2.36. The Labute approximate surface area is 172 Å². The number of aliphatic hydroxyl groups excluding tert-OH is 1. The van der Waals surface area contributed by atoms with Crippen molar-refractivity contribution >= 4 is 56.3 Å². The van der Waals surface area contributed by atoms with Gasteiger partial charge in [0.05, 0.1) is 29.3 Å². The summed E-state index contributed by atoms with van der Waals surface area (Å²) in [4.78, 5) is 24.7. The molecular formula is C17H18FIN2O5S. The molecule has 0 saturated heterocycles. The SMILES string of the molecule is CC(=O)c1sc(Nc2ccc(I)cc2F)c(C(=O)NCC(O)(O)CO)c1C. The van der Waals surface area contributed by atoms with Gasteiger partial charge in [0.15, 0.2) is 5.78 Å². The predicted octanol–water partition coefficient (Wildman–Crippen LogP) is 2.15. The number of anilines is 2. The zero-order chi connectivity index (χ0) is 20.4. The Morgan fingerprint density at radius 1 is 1.33 bits per heavy atom. The number of nitrogens with one attached hydrogen (secondary N) is 2. The molecule has 0 atom stereocenters. The van der Waals surface area contributed by atoms with E-state index in [4.69, 9.17) is 5.11 Å². The first-order valence-corrected chi connectivity index (χ1v) is 9.65. The second-order valence-corrected chi connectivity index (χ2v) is 8.16. The molecule has 2 rings (SSSR count). The van der Waals surface area contributed by atoms with E-state index in [9.17, 15) is 24.2 Å². The maximum absolute atomic E-state index is 14.2. The van der Waals surface area contributed by atoms with Gasteiger partial charge in [-0.05, 0) is 60.2 Å². The molecule has 0 aliphatic rings. The molecule has 1 aromatic carbocycles. The van der Waals surface area contributed by atoms with Gasteiger partial charge in [-0.2, -0.15) is 0 Å². The number of Topliss-reactive ketones (excluding diaryl/α,β-unsaturated/α-hetero) is 1. The highest BCUT2D eigenvalue weighted by molar-refractivity contribution is 14.1. The van der Waals surface area contributed by atoms with Crippen molar-refractivity contribution in [2.75, 3.05) is 18.5 Å². The number of carbonyl (C=O) groups excluding carboxylic acids is 2. The Morgan fingerprint density at radius 2 is 2.00 bits per heavy atom. The van der Waals surface area contributed by atoms with Gasteiger partial charge in [0.25, 0.3) is 5.91 Å². The summed E-state index contributed by atoms with van der Waals surface area (Å²) < 4.78 is 14.9. The number of aliphatic hydroxyl groups is 3. The van der Waals surface area contributed by atoms with Crippen LogP contribution in [0.3, 0.4) is 0 Å². The first kappa shape index (κ1) is 21.7. The third-order valence-corrected chi connectivity index (χ3v) is 5.64. The molecule has 7 nitrogen and oxygen atoms in total. The summed E-state index contributed by atoms with van der Waals surface area (Å²) in [7, 11) is 0. The van der Waals surface area contributed by atoms with E-state index in [1.807, 2.05) is 22.6 Å². The molecular weight excluding hydrogens is 490 g/mol. The number of ketones is 1. The molecule has 2 aromatic rings. The fourth-order valence-electron chi connectivity index (χ4n) is 2.29. The van der Waals surface area contributed by atoms with Gasteiger partial charge in [-0.15, -0.1) is 11.3 Å². The van der Waals surface area contributed by atoms with Crippen LogP contribution in [0, 0.1) is 16.3 Å². The molecule has 10 heteroatoms. The van der Waals surface area contributed by atoms with Crippen molar-refractivity contribution in [3.63, 3.8) is 0 Å². The lowest BCUT2D eigenvalue weighted by Gasteiger charge is -2.19. The number of benzene rings is 1. The van der Waals surface area contributed by atoms with Crippen LogP contribution < -0.4 is 10.6 Å². The summed E-state index contributed by atoms with van der Waals surface area (Å²) in [5.41, 5.74) is 0.621. The van der Waals surface area contributed by atoms with Crippen LogP contribution >= 0.6 is 33.9 Å². The highest BCUT2D eigenvalue weighted by Gasteiger charge is 2.27. The van der Waals surface area contributed by atoms with Crippen molar-refractivity contribution in [1.29, 1.82) is 0 Å². The minimum absolute atomic E-state index is 0.0943. The molecule has 146 valence electrons. The van der Waals surface area contributed by atoms with E-state index >= 15 is 0 Å². The summed E-state index contributed by atoms with van der Waals surface area (Å²) in [6.45, 7) is 1.35. The largest absolute Gasteiger partial charge is 0.391 e. The molecule has 1 aromatic heterocycles. The van der Waals surface area contributed by atoms with E-state index in [0.717, 1.165) is 11.3 Å². The van der Waals surface area contributed by atoms with Crippen LogP contribution in [0.25, 0.3) is 0 Å². The van der Waals surface area contributed by atoms with Crippen LogP contribution in [0.2, 0.25) is 0 Å². The van der Waals surface area contributed by atoms with Gasteiger partial charge in [-0.1, -0.05) is 0 Å². The second-order valence-electron chi connectivity index (χ2n) is 5.89. The molecule has 0 radical (unpaired) electrons. The van der Waals surface area contributed by atoms with Gasteiger partial charge in [-0.3, -0.25) is 9.59 Å². The normalized spacial score (nSPS) is 11.4. The van der Waals surface area contributed by atoms with Crippen LogP contribution in [0.1, 0.15) is 32.5 Å². The number of amides is 1. The number of hydrogen-bond acceptors (Lipinski definition) is 7. The Bertz CT molecular complexity index is 884. The predicted molar refractivity (Wildman–Crippen MR) is 108 cm³/mol. The molecule has 5 N–H and O–H groups in total. The lowest BCUT2D eigenvalue weighted by molar-refractivity contribution is -0.180. The number of carbonyl (C=O) groups is 2. The van der Waals surface area contributed by atoms with Gasteiger partial charge in [-0.25, -0.2) is 4.39 Å². The van der Waals surface area contributed by atoms with Gasteiger partial charge >= 0.3 is 0 Å². The Kier molecular flexibility index (Phi) is 6.92. The third kappa shape index (κ3) is 5.23.